The van der Waals surface area contributed by atoms with E-state index >= 15 is 0 Å². The van der Waals surface area contributed by atoms with Crippen LogP contribution in [0.25, 0.3) is 0 Å². The maximum atomic E-state index is 11.5. The molecule has 5 heteroatoms. The first-order valence-electron chi connectivity index (χ1n) is 6.24. The summed E-state index contributed by atoms with van der Waals surface area (Å²) in [6, 6.07) is -0.380. The first-order chi connectivity index (χ1) is 7.92. The quantitative estimate of drug-likeness (QED) is 0.605. The Hall–Kier alpha value is -1.10. The van der Waals surface area contributed by atoms with Gasteiger partial charge in [0.05, 0.1) is 12.6 Å². The van der Waals surface area contributed by atoms with Crippen molar-refractivity contribution in [2.45, 2.75) is 52.6 Å². The minimum atomic E-state index is -0.559. The molecule has 0 fully saturated rings. The van der Waals surface area contributed by atoms with Gasteiger partial charge in [-0.1, -0.05) is 27.7 Å². The van der Waals surface area contributed by atoms with E-state index in [9.17, 15) is 9.59 Å². The maximum Gasteiger partial charge on any atom is 0.239 e. The van der Waals surface area contributed by atoms with Crippen molar-refractivity contribution < 1.29 is 9.59 Å². The zero-order chi connectivity index (χ0) is 13.4. The van der Waals surface area contributed by atoms with Gasteiger partial charge in [0.25, 0.3) is 0 Å². The molecule has 0 bridgehead atoms. The van der Waals surface area contributed by atoms with Crippen molar-refractivity contribution in [3.8, 4) is 0 Å². The van der Waals surface area contributed by atoms with Crippen LogP contribution in [0.2, 0.25) is 0 Å². The zero-order valence-corrected chi connectivity index (χ0v) is 11.2. The third kappa shape index (κ3) is 6.26. The van der Waals surface area contributed by atoms with Crippen molar-refractivity contribution in [1.82, 2.24) is 10.6 Å². The van der Waals surface area contributed by atoms with E-state index < -0.39 is 6.04 Å². The van der Waals surface area contributed by atoms with E-state index in [4.69, 9.17) is 5.73 Å². The number of nitrogens with two attached hydrogens (primary N) is 1. The summed E-state index contributed by atoms with van der Waals surface area (Å²) >= 11 is 0. The number of carbonyl (C=O) groups excluding carboxylic acids is 2. The van der Waals surface area contributed by atoms with Crippen LogP contribution in [0.5, 0.6) is 0 Å². The molecular weight excluding hydrogens is 218 g/mol. The summed E-state index contributed by atoms with van der Waals surface area (Å²) in [5.41, 5.74) is 5.66. The van der Waals surface area contributed by atoms with Crippen LogP contribution in [0.3, 0.4) is 0 Å². The third-order valence-corrected chi connectivity index (χ3v) is 2.79. The van der Waals surface area contributed by atoms with Crippen LogP contribution in [0.1, 0.15) is 40.5 Å². The summed E-state index contributed by atoms with van der Waals surface area (Å²) in [4.78, 5) is 23.0. The number of hydrogen-bond donors (Lipinski definition) is 3. The normalized spacial score (nSPS) is 12.6. The van der Waals surface area contributed by atoms with Gasteiger partial charge in [-0.3, -0.25) is 9.59 Å². The highest BCUT2D eigenvalue weighted by atomic mass is 16.2. The monoisotopic (exact) mass is 243 g/mol. The average Bonchev–Trinajstić information content (AvgIpc) is 2.31. The smallest absolute Gasteiger partial charge is 0.239 e. The van der Waals surface area contributed by atoms with Crippen LogP contribution >= 0.6 is 0 Å². The second kappa shape index (κ2) is 8.06. The van der Waals surface area contributed by atoms with Gasteiger partial charge in [0, 0.05) is 6.04 Å². The molecule has 0 aliphatic carbocycles. The van der Waals surface area contributed by atoms with Crippen LogP contribution in [-0.4, -0.2) is 30.4 Å². The molecule has 0 radical (unpaired) electrons. The summed E-state index contributed by atoms with van der Waals surface area (Å²) in [7, 11) is 0. The summed E-state index contributed by atoms with van der Waals surface area (Å²) in [6.07, 6.45) is 1.78. The molecule has 0 rings (SSSR count). The fourth-order valence-corrected chi connectivity index (χ4v) is 1.36. The van der Waals surface area contributed by atoms with Crippen LogP contribution in [0.15, 0.2) is 0 Å². The van der Waals surface area contributed by atoms with Crippen LogP contribution in [0.4, 0.5) is 0 Å². The zero-order valence-electron chi connectivity index (χ0n) is 11.2. The highest BCUT2D eigenvalue weighted by Crippen LogP contribution is 1.98. The summed E-state index contributed by atoms with van der Waals surface area (Å²) in [6.45, 7) is 7.77. The van der Waals surface area contributed by atoms with Crippen LogP contribution in [0, 0.1) is 5.92 Å². The highest BCUT2D eigenvalue weighted by Gasteiger charge is 2.17. The fraction of sp³-hybridized carbons (Fsp3) is 0.833. The predicted octanol–water partition coefficient (Wildman–Crippen LogP) is 0.391. The van der Waals surface area contributed by atoms with Gasteiger partial charge in [-0.25, -0.2) is 0 Å². The van der Waals surface area contributed by atoms with Gasteiger partial charge in [0.2, 0.25) is 11.8 Å². The number of amides is 2. The molecule has 0 aliphatic rings. The second-order valence-electron chi connectivity index (χ2n) is 4.57. The van der Waals surface area contributed by atoms with Crippen LogP contribution < -0.4 is 16.4 Å². The molecule has 0 spiro atoms. The molecule has 4 N–H and O–H groups in total. The molecule has 0 aliphatic heterocycles. The lowest BCUT2D eigenvalue weighted by molar-refractivity contribution is -0.127. The fourth-order valence-electron chi connectivity index (χ4n) is 1.36. The van der Waals surface area contributed by atoms with E-state index in [1.165, 1.54) is 0 Å². The van der Waals surface area contributed by atoms with E-state index in [0.29, 0.717) is 0 Å². The van der Waals surface area contributed by atoms with E-state index in [0.717, 1.165) is 12.8 Å². The average molecular weight is 243 g/mol. The minimum absolute atomic E-state index is 0.00421. The SMILES string of the molecule is CCC(CC)NC(=O)CNC(=O)[C@@H](N)C(C)C. The van der Waals surface area contributed by atoms with Gasteiger partial charge in [-0.15, -0.1) is 0 Å². The van der Waals surface area contributed by atoms with Crippen molar-refractivity contribution in [1.29, 1.82) is 0 Å². The van der Waals surface area contributed by atoms with E-state index in [2.05, 4.69) is 10.6 Å². The molecule has 0 aromatic heterocycles. The third-order valence-electron chi connectivity index (χ3n) is 2.79. The van der Waals surface area contributed by atoms with Crippen molar-refractivity contribution in [3.63, 3.8) is 0 Å². The predicted molar refractivity (Wildman–Crippen MR) is 68.3 cm³/mol. The summed E-state index contributed by atoms with van der Waals surface area (Å²) < 4.78 is 0. The molecule has 0 aromatic rings. The molecule has 2 amide bonds. The number of carbonyl (C=O) groups is 2. The summed E-state index contributed by atoms with van der Waals surface area (Å²) in [5, 5.41) is 5.39. The van der Waals surface area contributed by atoms with Gasteiger partial charge in [0.15, 0.2) is 0 Å². The van der Waals surface area contributed by atoms with Gasteiger partial charge in [-0.2, -0.15) is 0 Å². The van der Waals surface area contributed by atoms with Crippen LogP contribution in [-0.2, 0) is 9.59 Å². The Balaban J connectivity index is 3.95. The standard InChI is InChI=1S/C12H25N3O2/c1-5-9(6-2)15-10(16)7-14-12(17)11(13)8(3)4/h8-9,11H,5-7,13H2,1-4H3,(H,14,17)(H,15,16)/t11-/m0/s1. The highest BCUT2D eigenvalue weighted by molar-refractivity contribution is 5.87. The van der Waals surface area contributed by atoms with Crippen molar-refractivity contribution in [3.05, 3.63) is 0 Å². The number of rotatable bonds is 7. The topological polar surface area (TPSA) is 84.2 Å². The first-order valence-corrected chi connectivity index (χ1v) is 6.24. The second-order valence-corrected chi connectivity index (χ2v) is 4.57. The van der Waals surface area contributed by atoms with Gasteiger partial charge >= 0.3 is 0 Å². The molecular formula is C12H25N3O2. The molecule has 0 saturated carbocycles. The molecule has 1 atom stereocenters. The summed E-state index contributed by atoms with van der Waals surface area (Å²) in [5.74, 6) is -0.375. The number of hydrogen-bond acceptors (Lipinski definition) is 3. The Bertz CT molecular complexity index is 250. The lowest BCUT2D eigenvalue weighted by Crippen LogP contribution is -2.48. The molecule has 100 valence electrons. The van der Waals surface area contributed by atoms with E-state index in [1.54, 1.807) is 0 Å². The molecule has 0 saturated heterocycles. The lowest BCUT2D eigenvalue weighted by atomic mass is 10.1. The van der Waals surface area contributed by atoms with E-state index in [1.807, 2.05) is 27.7 Å². The lowest BCUT2D eigenvalue weighted by Gasteiger charge is -2.17. The maximum absolute atomic E-state index is 11.5. The van der Waals surface area contributed by atoms with Crippen molar-refractivity contribution >= 4 is 11.8 Å². The Morgan fingerprint density at radius 1 is 1.18 bits per heavy atom. The molecule has 0 heterocycles. The number of nitrogens with one attached hydrogen (secondary N) is 2. The molecule has 17 heavy (non-hydrogen) atoms. The first kappa shape index (κ1) is 15.9. The largest absolute Gasteiger partial charge is 0.352 e. The molecule has 0 unspecified atom stereocenters. The van der Waals surface area contributed by atoms with E-state index in [-0.39, 0.29) is 30.3 Å². The Morgan fingerprint density at radius 3 is 2.12 bits per heavy atom. The minimum Gasteiger partial charge on any atom is -0.352 e. The van der Waals surface area contributed by atoms with Gasteiger partial charge < -0.3 is 16.4 Å². The van der Waals surface area contributed by atoms with Gasteiger partial charge in [0.1, 0.15) is 0 Å². The van der Waals surface area contributed by atoms with Gasteiger partial charge in [-0.05, 0) is 18.8 Å². The molecule has 0 aromatic carbocycles. The Kier molecular flexibility index (Phi) is 7.54. The van der Waals surface area contributed by atoms with Crippen molar-refractivity contribution in [2.24, 2.45) is 11.7 Å². The Morgan fingerprint density at radius 2 is 1.71 bits per heavy atom. The van der Waals surface area contributed by atoms with Crippen molar-refractivity contribution in [2.75, 3.05) is 6.54 Å². The molecule has 5 nitrogen and oxygen atoms in total. The Labute approximate surface area is 104 Å².